The van der Waals surface area contributed by atoms with E-state index in [-0.39, 0.29) is 0 Å². The molecule has 0 spiro atoms. The normalized spacial score (nSPS) is 10.9. The topological polar surface area (TPSA) is 47.0 Å². The molecule has 1 aromatic carbocycles. The minimum atomic E-state index is 0.381. The summed E-state index contributed by atoms with van der Waals surface area (Å²) >= 11 is 11.9. The van der Waals surface area contributed by atoms with Gasteiger partial charge in [-0.15, -0.1) is 5.10 Å². The summed E-state index contributed by atoms with van der Waals surface area (Å²) in [7, 11) is 0. The van der Waals surface area contributed by atoms with Gasteiger partial charge in [0.15, 0.2) is 0 Å². The van der Waals surface area contributed by atoms with E-state index in [1.807, 2.05) is 6.07 Å². The fourth-order valence-electron chi connectivity index (χ4n) is 1.65. The largest absolute Gasteiger partial charge is 0.436 e. The van der Waals surface area contributed by atoms with E-state index in [4.69, 9.17) is 27.9 Å². The van der Waals surface area contributed by atoms with Crippen LogP contribution in [0.3, 0.4) is 0 Å². The zero-order valence-corrected chi connectivity index (χ0v) is 13.4. The number of nitrogens with one attached hydrogen (secondary N) is 1. The third-order valence-corrected chi connectivity index (χ3v) is 3.21. The molecular weight excluding hydrogens is 309 g/mol. The lowest BCUT2D eigenvalue weighted by molar-refractivity contribution is 0.452. The van der Waals surface area contributed by atoms with E-state index >= 15 is 0 Å². The molecule has 4 nitrogen and oxygen atoms in total. The second-order valence-electron chi connectivity index (χ2n) is 5.06. The number of hydrogen-bond acceptors (Lipinski definition) is 4. The van der Waals surface area contributed by atoms with Crippen molar-refractivity contribution in [2.75, 3.05) is 6.54 Å². The first kappa shape index (κ1) is 16.0. The Labute approximate surface area is 134 Å². The van der Waals surface area contributed by atoms with Crippen LogP contribution in [0.15, 0.2) is 30.3 Å². The summed E-state index contributed by atoms with van der Waals surface area (Å²) in [6.07, 6.45) is 0. The van der Waals surface area contributed by atoms with E-state index in [0.29, 0.717) is 34.1 Å². The van der Waals surface area contributed by atoms with Gasteiger partial charge in [0.2, 0.25) is 5.88 Å². The summed E-state index contributed by atoms with van der Waals surface area (Å²) in [6, 6.07) is 8.65. The van der Waals surface area contributed by atoms with Crippen LogP contribution in [0.25, 0.3) is 0 Å². The van der Waals surface area contributed by atoms with Crippen LogP contribution in [-0.2, 0) is 6.54 Å². The van der Waals surface area contributed by atoms with Crippen molar-refractivity contribution in [2.45, 2.75) is 20.4 Å². The Balaban J connectivity index is 1.97. The van der Waals surface area contributed by atoms with Gasteiger partial charge in [0.05, 0.1) is 10.7 Å². The first-order valence-corrected chi connectivity index (χ1v) is 7.46. The smallest absolute Gasteiger partial charge is 0.238 e. The number of benzene rings is 1. The Bertz CT molecular complexity index is 588. The van der Waals surface area contributed by atoms with Crippen LogP contribution in [0.1, 0.15) is 19.5 Å². The van der Waals surface area contributed by atoms with E-state index in [9.17, 15) is 0 Å². The van der Waals surface area contributed by atoms with Crippen molar-refractivity contribution in [3.8, 4) is 11.6 Å². The molecule has 2 aromatic rings. The van der Waals surface area contributed by atoms with Crippen LogP contribution in [-0.4, -0.2) is 16.7 Å². The van der Waals surface area contributed by atoms with Gasteiger partial charge in [-0.2, -0.15) is 5.10 Å². The summed E-state index contributed by atoms with van der Waals surface area (Å²) < 4.78 is 5.58. The average molecular weight is 326 g/mol. The van der Waals surface area contributed by atoms with E-state index in [2.05, 4.69) is 29.4 Å². The monoisotopic (exact) mass is 325 g/mol. The summed E-state index contributed by atoms with van der Waals surface area (Å²) in [5.74, 6) is 1.45. The second kappa shape index (κ2) is 7.59. The summed E-state index contributed by atoms with van der Waals surface area (Å²) in [4.78, 5) is 0. The maximum atomic E-state index is 6.03. The van der Waals surface area contributed by atoms with Crippen LogP contribution < -0.4 is 10.1 Å². The molecule has 0 radical (unpaired) electrons. The number of rotatable bonds is 6. The van der Waals surface area contributed by atoms with Gasteiger partial charge in [0.25, 0.3) is 0 Å². The van der Waals surface area contributed by atoms with Gasteiger partial charge in [0, 0.05) is 23.7 Å². The average Bonchev–Trinajstić information content (AvgIpc) is 2.44. The molecule has 0 unspecified atom stereocenters. The molecular formula is C15H17Cl2N3O. The number of hydrogen-bond donors (Lipinski definition) is 1. The Morgan fingerprint density at radius 3 is 2.62 bits per heavy atom. The molecule has 0 aliphatic carbocycles. The first-order chi connectivity index (χ1) is 10.0. The summed E-state index contributed by atoms with van der Waals surface area (Å²) in [5.41, 5.74) is 0.861. The number of halogens is 2. The van der Waals surface area contributed by atoms with Crippen LogP contribution in [0, 0.1) is 5.92 Å². The first-order valence-electron chi connectivity index (χ1n) is 6.71. The minimum Gasteiger partial charge on any atom is -0.436 e. The highest BCUT2D eigenvalue weighted by molar-refractivity contribution is 6.34. The lowest BCUT2D eigenvalue weighted by Gasteiger charge is -2.08. The van der Waals surface area contributed by atoms with Gasteiger partial charge in [-0.25, -0.2) is 0 Å². The SMILES string of the molecule is CC(C)CNCc1ccc(Oc2cc(Cl)ccc2Cl)nn1. The molecule has 1 heterocycles. The molecule has 0 saturated carbocycles. The molecule has 1 aromatic heterocycles. The summed E-state index contributed by atoms with van der Waals surface area (Å²) in [6.45, 7) is 5.94. The zero-order chi connectivity index (χ0) is 15.2. The fourth-order valence-corrected chi connectivity index (χ4v) is 1.97. The van der Waals surface area contributed by atoms with Crippen LogP contribution in [0.5, 0.6) is 11.6 Å². The molecule has 21 heavy (non-hydrogen) atoms. The Morgan fingerprint density at radius 1 is 1.14 bits per heavy atom. The predicted molar refractivity (Wildman–Crippen MR) is 85.1 cm³/mol. The van der Waals surface area contributed by atoms with Crippen molar-refractivity contribution >= 4 is 23.2 Å². The molecule has 0 saturated heterocycles. The lowest BCUT2D eigenvalue weighted by atomic mass is 10.2. The van der Waals surface area contributed by atoms with Gasteiger partial charge in [-0.1, -0.05) is 37.0 Å². The maximum absolute atomic E-state index is 6.03. The predicted octanol–water partition coefficient (Wildman–Crippen LogP) is 4.32. The van der Waals surface area contributed by atoms with Crippen molar-refractivity contribution < 1.29 is 4.74 Å². The molecule has 1 N–H and O–H groups in total. The third-order valence-electron chi connectivity index (χ3n) is 2.66. The number of aromatic nitrogens is 2. The van der Waals surface area contributed by atoms with Crippen LogP contribution >= 0.6 is 23.2 Å². The van der Waals surface area contributed by atoms with Gasteiger partial charge in [0.1, 0.15) is 5.75 Å². The Morgan fingerprint density at radius 2 is 1.95 bits per heavy atom. The van der Waals surface area contributed by atoms with E-state index in [1.54, 1.807) is 24.3 Å². The van der Waals surface area contributed by atoms with Crippen molar-refractivity contribution in [2.24, 2.45) is 5.92 Å². The van der Waals surface area contributed by atoms with Crippen molar-refractivity contribution in [3.63, 3.8) is 0 Å². The van der Waals surface area contributed by atoms with Crippen molar-refractivity contribution in [3.05, 3.63) is 46.1 Å². The molecule has 0 atom stereocenters. The molecule has 0 bridgehead atoms. The van der Waals surface area contributed by atoms with Gasteiger partial charge in [-0.05, 0) is 30.7 Å². The zero-order valence-electron chi connectivity index (χ0n) is 11.9. The van der Waals surface area contributed by atoms with Crippen LogP contribution in [0.4, 0.5) is 0 Å². The Hall–Kier alpha value is -1.36. The Kier molecular flexibility index (Phi) is 5.79. The highest BCUT2D eigenvalue weighted by atomic mass is 35.5. The standard InChI is InChI=1S/C15H17Cl2N3O/c1-10(2)8-18-9-12-4-6-15(20-19-12)21-14-7-11(16)3-5-13(14)17/h3-7,10,18H,8-9H2,1-2H3. The quantitative estimate of drug-likeness (QED) is 0.859. The number of ether oxygens (including phenoxy) is 1. The molecule has 0 aliphatic rings. The number of nitrogens with zero attached hydrogens (tertiary/aromatic N) is 2. The van der Waals surface area contributed by atoms with E-state index in [1.165, 1.54) is 0 Å². The van der Waals surface area contributed by atoms with Gasteiger partial charge >= 0.3 is 0 Å². The van der Waals surface area contributed by atoms with Gasteiger partial charge < -0.3 is 10.1 Å². The van der Waals surface area contributed by atoms with E-state index in [0.717, 1.165) is 12.2 Å². The fraction of sp³-hybridized carbons (Fsp3) is 0.333. The molecule has 0 aliphatic heterocycles. The van der Waals surface area contributed by atoms with Crippen molar-refractivity contribution in [1.82, 2.24) is 15.5 Å². The molecule has 112 valence electrons. The lowest BCUT2D eigenvalue weighted by Crippen LogP contribution is -2.19. The van der Waals surface area contributed by atoms with Gasteiger partial charge in [-0.3, -0.25) is 0 Å². The molecule has 6 heteroatoms. The molecule has 0 amide bonds. The minimum absolute atomic E-state index is 0.381. The highest BCUT2D eigenvalue weighted by Gasteiger charge is 2.06. The highest BCUT2D eigenvalue weighted by Crippen LogP contribution is 2.30. The summed E-state index contributed by atoms with van der Waals surface area (Å²) in [5, 5.41) is 12.5. The maximum Gasteiger partial charge on any atom is 0.238 e. The van der Waals surface area contributed by atoms with Crippen molar-refractivity contribution in [1.29, 1.82) is 0 Å². The van der Waals surface area contributed by atoms with Crippen LogP contribution in [0.2, 0.25) is 10.0 Å². The second-order valence-corrected chi connectivity index (χ2v) is 5.91. The molecule has 0 fully saturated rings. The molecule has 2 rings (SSSR count). The third kappa shape index (κ3) is 5.16. The van der Waals surface area contributed by atoms with E-state index < -0.39 is 0 Å².